The maximum absolute atomic E-state index is 14.1. The lowest BCUT2D eigenvalue weighted by Gasteiger charge is -2.35. The average Bonchev–Trinajstić information content (AvgIpc) is 3.40. The molecule has 1 saturated heterocycles. The molecule has 1 aromatic heterocycles. The molecule has 0 radical (unpaired) electrons. The van der Waals surface area contributed by atoms with Gasteiger partial charge in [0.15, 0.2) is 5.82 Å². The molecule has 1 N–H and O–H groups in total. The first-order valence-corrected chi connectivity index (χ1v) is 13.3. The van der Waals surface area contributed by atoms with Crippen LogP contribution in [0.4, 0.5) is 42.0 Å². The Kier molecular flexibility index (Phi) is 6.71. The van der Waals surface area contributed by atoms with Crippen LogP contribution < -0.4 is 20.0 Å². The van der Waals surface area contributed by atoms with Gasteiger partial charge in [0, 0.05) is 50.3 Å². The molecule has 2 aromatic carbocycles. The summed E-state index contributed by atoms with van der Waals surface area (Å²) in [5, 5.41) is 3.43. The highest BCUT2D eigenvalue weighted by Crippen LogP contribution is 2.41. The van der Waals surface area contributed by atoms with E-state index in [0.29, 0.717) is 56.7 Å². The van der Waals surface area contributed by atoms with Gasteiger partial charge in [0.1, 0.15) is 5.56 Å². The Labute approximate surface area is 237 Å². The van der Waals surface area contributed by atoms with Crippen LogP contribution in [0.15, 0.2) is 47.6 Å². The summed E-state index contributed by atoms with van der Waals surface area (Å²) in [6.07, 6.45) is -3.22. The van der Waals surface area contributed by atoms with Crippen molar-refractivity contribution >= 4 is 63.9 Å². The minimum Gasteiger partial charge on any atom is -0.368 e. The van der Waals surface area contributed by atoms with Crippen LogP contribution in [-0.4, -0.2) is 73.1 Å². The van der Waals surface area contributed by atoms with Crippen molar-refractivity contribution in [3.05, 3.63) is 63.8 Å². The molecule has 0 aliphatic carbocycles. The zero-order valence-electron chi connectivity index (χ0n) is 21.2. The molecule has 0 saturated carbocycles. The number of aromatic nitrogens is 2. The number of anilines is 5. The molecule has 6 rings (SSSR count). The van der Waals surface area contributed by atoms with Gasteiger partial charge in [0.25, 0.3) is 5.91 Å². The summed E-state index contributed by atoms with van der Waals surface area (Å²) < 4.78 is 42.2. The number of nitrogens with one attached hydrogen (secondary N) is 1. The monoisotopic (exact) mass is 590 g/mol. The number of halogens is 5. The standard InChI is InChI=1S/C26H23Cl2F3N8O/c1-36-9-11-37(12-10-36)20-6-5-15(13-17(20)26(29,30)31)34-24-33-14-16-22(35-24)38-8-7-32-25(38)39(23(16)40)21-18(27)3-2-4-19(21)28/h2-6,13-14H,7-12H2,1H3,(H,33,34,35). The molecule has 4 heterocycles. The number of guanidine groups is 1. The van der Waals surface area contributed by atoms with E-state index in [2.05, 4.69) is 25.2 Å². The smallest absolute Gasteiger partial charge is 0.368 e. The number of hydrogen-bond donors (Lipinski definition) is 1. The molecule has 208 valence electrons. The molecule has 0 bridgehead atoms. The second-order valence-corrected chi connectivity index (χ2v) is 10.4. The number of amides is 1. The van der Waals surface area contributed by atoms with E-state index in [4.69, 9.17) is 23.2 Å². The van der Waals surface area contributed by atoms with Gasteiger partial charge in [-0.2, -0.15) is 18.2 Å². The summed E-state index contributed by atoms with van der Waals surface area (Å²) in [7, 11) is 1.95. The van der Waals surface area contributed by atoms with Crippen LogP contribution in [-0.2, 0) is 6.18 Å². The third kappa shape index (κ3) is 4.69. The number of hydrogen-bond acceptors (Lipinski definition) is 8. The zero-order chi connectivity index (χ0) is 28.2. The van der Waals surface area contributed by atoms with Crippen molar-refractivity contribution in [3.8, 4) is 0 Å². The fraction of sp³-hybridized carbons (Fsp3) is 0.308. The van der Waals surface area contributed by atoms with Crippen molar-refractivity contribution in [2.24, 2.45) is 4.99 Å². The molecular weight excluding hydrogens is 568 g/mol. The van der Waals surface area contributed by atoms with Gasteiger partial charge >= 0.3 is 6.18 Å². The predicted molar refractivity (Wildman–Crippen MR) is 149 cm³/mol. The Hall–Kier alpha value is -3.61. The highest BCUT2D eigenvalue weighted by atomic mass is 35.5. The van der Waals surface area contributed by atoms with Crippen molar-refractivity contribution in [2.45, 2.75) is 6.18 Å². The predicted octanol–water partition coefficient (Wildman–Crippen LogP) is 5.13. The molecule has 1 amide bonds. The molecule has 3 aliphatic rings. The van der Waals surface area contributed by atoms with Crippen LogP contribution >= 0.6 is 23.2 Å². The second kappa shape index (κ2) is 10.1. The van der Waals surface area contributed by atoms with Gasteiger partial charge in [-0.1, -0.05) is 29.3 Å². The quantitative estimate of drug-likeness (QED) is 0.451. The molecule has 3 aromatic rings. The van der Waals surface area contributed by atoms with E-state index in [1.807, 2.05) is 7.05 Å². The second-order valence-electron chi connectivity index (χ2n) is 9.62. The lowest BCUT2D eigenvalue weighted by atomic mass is 10.1. The molecule has 40 heavy (non-hydrogen) atoms. The Morgan fingerprint density at radius 1 is 1.00 bits per heavy atom. The summed E-state index contributed by atoms with van der Waals surface area (Å²) in [6, 6.07) is 9.02. The van der Waals surface area contributed by atoms with Crippen LogP contribution in [0.2, 0.25) is 10.0 Å². The average molecular weight is 591 g/mol. The van der Waals surface area contributed by atoms with Crippen molar-refractivity contribution < 1.29 is 18.0 Å². The number of piperazine rings is 1. The summed E-state index contributed by atoms with van der Waals surface area (Å²) in [6.45, 7) is 3.20. The number of rotatable bonds is 4. The van der Waals surface area contributed by atoms with Crippen molar-refractivity contribution in [3.63, 3.8) is 0 Å². The maximum atomic E-state index is 14.1. The number of carbonyl (C=O) groups excluding carboxylic acids is 1. The molecular formula is C26H23Cl2F3N8O. The lowest BCUT2D eigenvalue weighted by Crippen LogP contribution is -2.51. The fourth-order valence-electron chi connectivity index (χ4n) is 5.03. The molecule has 0 atom stereocenters. The van der Waals surface area contributed by atoms with E-state index < -0.39 is 17.6 Å². The van der Waals surface area contributed by atoms with Crippen LogP contribution in [0, 0.1) is 0 Å². The SMILES string of the molecule is CN1CCN(c2ccc(Nc3ncc4c(n3)N3CCN=C3N(c3c(Cl)cccc3Cl)C4=O)cc2C(F)(F)F)CC1. The Bertz CT molecular complexity index is 1500. The number of carbonyl (C=O) groups is 1. The first-order valence-electron chi connectivity index (χ1n) is 12.5. The largest absolute Gasteiger partial charge is 0.418 e. The lowest BCUT2D eigenvalue weighted by molar-refractivity contribution is -0.137. The normalized spacial score (nSPS) is 17.6. The van der Waals surface area contributed by atoms with E-state index in [9.17, 15) is 18.0 Å². The Morgan fingerprint density at radius 3 is 2.42 bits per heavy atom. The number of para-hydroxylation sites is 1. The van der Waals surface area contributed by atoms with E-state index >= 15 is 0 Å². The van der Waals surface area contributed by atoms with Gasteiger partial charge in [0.2, 0.25) is 11.9 Å². The number of alkyl halides is 3. The number of aliphatic imine (C=N–C) groups is 1. The maximum Gasteiger partial charge on any atom is 0.418 e. The Balaban J connectivity index is 1.32. The summed E-state index contributed by atoms with van der Waals surface area (Å²) in [5.74, 6) is 0.183. The topological polar surface area (TPSA) is 80.2 Å². The van der Waals surface area contributed by atoms with Crippen LogP contribution in [0.1, 0.15) is 15.9 Å². The number of fused-ring (bicyclic) bond motifs is 3. The fourth-order valence-corrected chi connectivity index (χ4v) is 5.59. The molecule has 14 heteroatoms. The van der Waals surface area contributed by atoms with Gasteiger partial charge < -0.3 is 15.1 Å². The summed E-state index contributed by atoms with van der Waals surface area (Å²) in [5.41, 5.74) is 0.0566. The zero-order valence-corrected chi connectivity index (χ0v) is 22.7. The van der Waals surface area contributed by atoms with Gasteiger partial charge in [-0.3, -0.25) is 14.7 Å². The molecule has 0 spiro atoms. The number of nitrogens with zero attached hydrogens (tertiary/aromatic N) is 7. The van der Waals surface area contributed by atoms with Crippen molar-refractivity contribution in [1.82, 2.24) is 14.9 Å². The van der Waals surface area contributed by atoms with Gasteiger partial charge in [-0.05, 0) is 37.4 Å². The van der Waals surface area contributed by atoms with Crippen LogP contribution in [0.3, 0.4) is 0 Å². The first kappa shape index (κ1) is 26.6. The summed E-state index contributed by atoms with van der Waals surface area (Å²) in [4.78, 5) is 33.7. The molecule has 0 unspecified atom stereocenters. The number of benzene rings is 2. The van der Waals surface area contributed by atoms with Gasteiger partial charge in [-0.25, -0.2) is 9.88 Å². The van der Waals surface area contributed by atoms with Crippen molar-refractivity contribution in [1.29, 1.82) is 0 Å². The van der Waals surface area contributed by atoms with Crippen LogP contribution in [0.25, 0.3) is 0 Å². The first-order chi connectivity index (χ1) is 19.1. The van der Waals surface area contributed by atoms with Gasteiger partial charge in [-0.15, -0.1) is 0 Å². The number of likely N-dealkylation sites (N-methyl/N-ethyl adjacent to an activating group) is 1. The molecule has 9 nitrogen and oxygen atoms in total. The van der Waals surface area contributed by atoms with E-state index in [0.717, 1.165) is 6.07 Å². The third-order valence-corrected chi connectivity index (χ3v) is 7.65. The summed E-state index contributed by atoms with van der Waals surface area (Å²) >= 11 is 12.8. The van der Waals surface area contributed by atoms with E-state index in [-0.39, 0.29) is 32.9 Å². The van der Waals surface area contributed by atoms with E-state index in [1.165, 1.54) is 17.2 Å². The van der Waals surface area contributed by atoms with Crippen LogP contribution in [0.5, 0.6) is 0 Å². The van der Waals surface area contributed by atoms with E-state index in [1.54, 1.807) is 34.1 Å². The molecule has 3 aliphatic heterocycles. The third-order valence-electron chi connectivity index (χ3n) is 7.04. The van der Waals surface area contributed by atoms with Gasteiger partial charge in [0.05, 0.1) is 27.8 Å². The minimum atomic E-state index is -4.55. The molecule has 1 fully saturated rings. The Morgan fingerprint density at radius 2 is 1.73 bits per heavy atom. The highest BCUT2D eigenvalue weighted by molar-refractivity contribution is 6.43. The van der Waals surface area contributed by atoms with Crippen molar-refractivity contribution in [2.75, 3.05) is 66.3 Å². The highest BCUT2D eigenvalue weighted by Gasteiger charge is 2.41. The minimum absolute atomic E-state index is 0.0440.